The molecule has 0 aromatic rings. The van der Waals surface area contributed by atoms with Gasteiger partial charge in [-0.1, -0.05) is 0 Å². The van der Waals surface area contributed by atoms with E-state index in [1.165, 1.54) is 0 Å². The molecule has 0 N–H and O–H groups in total. The molecule has 0 unspecified atom stereocenters. The maximum atomic E-state index is 8.25. The predicted octanol–water partition coefficient (Wildman–Crippen LogP) is -2.83. The molecule has 6 heavy (non-hydrogen) atoms. The maximum absolute atomic E-state index is 8.25. The Balaban J connectivity index is -0.00000000500. The minimum Gasteiger partial charge on any atom is -0.682 e. The van der Waals surface area contributed by atoms with E-state index >= 15 is 0 Å². The van der Waals surface area contributed by atoms with Crippen molar-refractivity contribution in [3.63, 3.8) is 0 Å². The standard InChI is InChI=1S/Ca.2FO.Mg.2H/c;2*1-2;;;/q+2;2*-1;;;. The summed E-state index contributed by atoms with van der Waals surface area (Å²) in [4.78, 5) is 0. The van der Waals surface area contributed by atoms with E-state index in [9.17, 15) is 0 Å². The van der Waals surface area contributed by atoms with Gasteiger partial charge in [0.1, 0.15) is 0 Å². The summed E-state index contributed by atoms with van der Waals surface area (Å²) in [5.74, 6) is 0. The molecule has 0 aromatic carbocycles. The first-order valence-electron chi connectivity index (χ1n) is 0.309. The fourth-order valence-electron chi connectivity index (χ4n) is 0. The summed E-state index contributed by atoms with van der Waals surface area (Å²) in [6, 6.07) is 0. The largest absolute Gasteiger partial charge is 2.00 e. The Morgan fingerprint density at radius 3 is 0.833 bits per heavy atom. The van der Waals surface area contributed by atoms with Crippen molar-refractivity contribution >= 4 is 60.8 Å². The average molecular weight is 136 g/mol. The Morgan fingerprint density at radius 2 is 0.833 bits per heavy atom. The van der Waals surface area contributed by atoms with Gasteiger partial charge in [-0.15, -0.1) is 0 Å². The first-order chi connectivity index (χ1) is 2.00. The van der Waals surface area contributed by atoms with Crippen molar-refractivity contribution in [1.82, 2.24) is 0 Å². The van der Waals surface area contributed by atoms with E-state index in [-0.39, 0.29) is 60.8 Å². The van der Waals surface area contributed by atoms with E-state index in [2.05, 4.69) is 0 Å². The smallest absolute Gasteiger partial charge is 0.682 e. The van der Waals surface area contributed by atoms with Crippen molar-refractivity contribution in [2.24, 2.45) is 0 Å². The van der Waals surface area contributed by atoms with Crippen LogP contribution in [0.3, 0.4) is 0 Å². The minimum atomic E-state index is 0. The van der Waals surface area contributed by atoms with Gasteiger partial charge in [-0.25, -0.2) is 0 Å². The van der Waals surface area contributed by atoms with Gasteiger partial charge in [0.25, 0.3) is 0 Å². The molecule has 6 heteroatoms. The number of hydrogen-bond donors (Lipinski definition) is 0. The third-order valence-corrected chi connectivity index (χ3v) is 0. The van der Waals surface area contributed by atoms with E-state index in [1.54, 1.807) is 0 Å². The van der Waals surface area contributed by atoms with Gasteiger partial charge in [-0.3, -0.25) is 0 Å². The molecule has 2 nitrogen and oxygen atoms in total. The van der Waals surface area contributed by atoms with Crippen LogP contribution in [-0.2, 0) is 0 Å². The van der Waals surface area contributed by atoms with Gasteiger partial charge in [-0.05, 0) is 0 Å². The van der Waals surface area contributed by atoms with Crippen LogP contribution in [0.15, 0.2) is 0 Å². The van der Waals surface area contributed by atoms with Gasteiger partial charge in [0, 0.05) is 0 Å². The normalized spacial score (nSPS) is 2.00. The van der Waals surface area contributed by atoms with Gasteiger partial charge >= 0.3 is 60.8 Å². The molecule has 0 aromatic heterocycles. The first kappa shape index (κ1) is 25.0. The zero-order valence-electron chi connectivity index (χ0n) is 2.28. The van der Waals surface area contributed by atoms with Gasteiger partial charge in [-0.2, -0.15) is 0 Å². The molecule has 0 saturated heterocycles. The molecule has 0 rings (SSSR count). The third kappa shape index (κ3) is 41.1. The SMILES string of the molecule is [Ca+2].[MgH2].[O-]F.[O-]F. The van der Waals surface area contributed by atoms with Gasteiger partial charge in [0.05, 0.1) is 0 Å². The molecule has 32 valence electrons. The fraction of sp³-hybridized carbons (Fsp3) is 0. The van der Waals surface area contributed by atoms with E-state index in [1.807, 2.05) is 0 Å². The summed E-state index contributed by atoms with van der Waals surface area (Å²) in [6.07, 6.45) is 0. The minimum absolute atomic E-state index is 0. The second-order valence-corrected chi connectivity index (χ2v) is 0. The molecular weight excluding hydrogens is 134 g/mol. The summed E-state index contributed by atoms with van der Waals surface area (Å²) in [6.45, 7) is 0. The van der Waals surface area contributed by atoms with Crippen molar-refractivity contribution in [1.29, 1.82) is 0 Å². The molecule has 0 spiro atoms. The molecule has 0 aliphatic carbocycles. The van der Waals surface area contributed by atoms with Crippen molar-refractivity contribution < 1.29 is 19.7 Å². The van der Waals surface area contributed by atoms with Crippen molar-refractivity contribution in [3.05, 3.63) is 0 Å². The average Bonchev–Trinajstić information content (AvgIpc) is 1.50. The molecule has 0 aliphatic rings. The van der Waals surface area contributed by atoms with Crippen LogP contribution in [0.4, 0.5) is 9.05 Å². The van der Waals surface area contributed by atoms with Crippen LogP contribution in [0.2, 0.25) is 0 Å². The number of halogens is 2. The van der Waals surface area contributed by atoms with Crippen LogP contribution < -0.4 is 10.6 Å². The Morgan fingerprint density at radius 1 is 0.833 bits per heavy atom. The third-order valence-electron chi connectivity index (χ3n) is 0. The molecule has 0 fully saturated rings. The van der Waals surface area contributed by atoms with Crippen molar-refractivity contribution in [2.45, 2.75) is 0 Å². The second kappa shape index (κ2) is 70.3. The van der Waals surface area contributed by atoms with Crippen LogP contribution >= 0.6 is 0 Å². The summed E-state index contributed by atoms with van der Waals surface area (Å²) in [5, 5.41) is 13.5. The maximum Gasteiger partial charge on any atom is 2.00 e. The van der Waals surface area contributed by atoms with Crippen molar-refractivity contribution in [2.75, 3.05) is 0 Å². The Labute approximate surface area is 79.5 Å². The van der Waals surface area contributed by atoms with Crippen LogP contribution in [0.5, 0.6) is 0 Å². The van der Waals surface area contributed by atoms with Crippen LogP contribution in [-0.4, -0.2) is 60.8 Å². The summed E-state index contributed by atoms with van der Waals surface area (Å²) in [5.41, 5.74) is 0. The monoisotopic (exact) mass is 136 g/mol. The fourth-order valence-corrected chi connectivity index (χ4v) is 0. The van der Waals surface area contributed by atoms with Crippen LogP contribution in [0, 0.1) is 0 Å². The van der Waals surface area contributed by atoms with Crippen molar-refractivity contribution in [3.8, 4) is 0 Å². The predicted molar refractivity (Wildman–Crippen MR) is 16.5 cm³/mol. The molecule has 0 bridgehead atoms. The molecule has 0 radical (unpaired) electrons. The molecule has 0 amide bonds. The number of hydrogen-bond acceptors (Lipinski definition) is 2. The van der Waals surface area contributed by atoms with Crippen LogP contribution in [0.25, 0.3) is 0 Å². The summed E-state index contributed by atoms with van der Waals surface area (Å²) < 4.78 is 16.5. The zero-order chi connectivity index (χ0) is 4.00. The topological polar surface area (TPSA) is 46.1 Å². The summed E-state index contributed by atoms with van der Waals surface area (Å²) >= 11 is 0. The number of rotatable bonds is 0. The van der Waals surface area contributed by atoms with Crippen LogP contribution in [0.1, 0.15) is 0 Å². The Kier molecular flexibility index (Phi) is 293. The first-order valence-corrected chi connectivity index (χ1v) is 0.309. The van der Waals surface area contributed by atoms with E-state index < -0.39 is 0 Å². The Bertz CT molecular complexity index is 11.5. The molecule has 0 heterocycles. The zero-order valence-corrected chi connectivity index (χ0v) is 4.49. The molecule has 0 saturated carbocycles. The van der Waals surface area contributed by atoms with E-state index in [4.69, 9.17) is 19.7 Å². The molecule has 0 atom stereocenters. The van der Waals surface area contributed by atoms with E-state index in [0.29, 0.717) is 0 Å². The molecular formula is H2CaF2MgO2. The molecule has 0 aliphatic heterocycles. The Hall–Kier alpha value is 1.81. The van der Waals surface area contributed by atoms with E-state index in [0.717, 1.165) is 0 Å². The van der Waals surface area contributed by atoms with Gasteiger partial charge in [0.15, 0.2) is 0 Å². The second-order valence-electron chi connectivity index (χ2n) is 0. The van der Waals surface area contributed by atoms with Gasteiger partial charge in [0.2, 0.25) is 0 Å². The summed E-state index contributed by atoms with van der Waals surface area (Å²) in [7, 11) is 0. The van der Waals surface area contributed by atoms with Gasteiger partial charge < -0.3 is 19.7 Å². The quantitative estimate of drug-likeness (QED) is 0.337.